The van der Waals surface area contributed by atoms with E-state index in [4.69, 9.17) is 23.2 Å². The third-order valence-electron chi connectivity index (χ3n) is 5.51. The molecule has 3 rings (SSSR count). The second-order valence-electron chi connectivity index (χ2n) is 7.73. The van der Waals surface area contributed by atoms with Crippen LogP contribution in [0.5, 0.6) is 0 Å². The number of nitrogens with one attached hydrogen (secondary N) is 1. The molecule has 1 atom stereocenters. The fourth-order valence-electron chi connectivity index (χ4n) is 3.67. The summed E-state index contributed by atoms with van der Waals surface area (Å²) in [6, 6.07) is 13.3. The summed E-state index contributed by atoms with van der Waals surface area (Å²) in [5.74, 6) is 0.100. The number of rotatable bonds is 7. The normalized spacial score (nSPS) is 16.4. The summed E-state index contributed by atoms with van der Waals surface area (Å²) >= 11 is 12.3. The lowest BCUT2D eigenvalue weighted by atomic mass is 9.92. The smallest absolute Gasteiger partial charge is 0.240 e. The van der Waals surface area contributed by atoms with Crippen molar-refractivity contribution in [3.05, 3.63) is 64.1 Å². The second-order valence-corrected chi connectivity index (χ2v) is 10.3. The molecule has 0 bridgehead atoms. The number of amides is 1. The van der Waals surface area contributed by atoms with Crippen molar-refractivity contribution >= 4 is 39.1 Å². The highest BCUT2D eigenvalue weighted by Crippen LogP contribution is 2.30. The van der Waals surface area contributed by atoms with Crippen LogP contribution in [-0.2, 0) is 14.8 Å². The maximum absolute atomic E-state index is 13.3. The van der Waals surface area contributed by atoms with Crippen LogP contribution in [0.2, 0.25) is 10.0 Å². The molecule has 0 spiro atoms. The zero-order valence-corrected chi connectivity index (χ0v) is 19.2. The van der Waals surface area contributed by atoms with Crippen molar-refractivity contribution in [2.24, 2.45) is 5.92 Å². The van der Waals surface area contributed by atoms with Crippen LogP contribution in [0.3, 0.4) is 0 Å². The number of carbonyl (C=O) groups excluding carboxylic acids is 1. The summed E-state index contributed by atoms with van der Waals surface area (Å²) in [6.07, 6.45) is 2.26. The Kier molecular flexibility index (Phi) is 7.80. The Morgan fingerprint density at radius 2 is 1.83 bits per heavy atom. The van der Waals surface area contributed by atoms with Gasteiger partial charge < -0.3 is 4.90 Å². The highest BCUT2D eigenvalue weighted by molar-refractivity contribution is 7.89. The molecule has 5 nitrogen and oxygen atoms in total. The minimum absolute atomic E-state index is 0.00282. The van der Waals surface area contributed by atoms with E-state index in [-0.39, 0.29) is 17.3 Å². The van der Waals surface area contributed by atoms with Gasteiger partial charge in [0.2, 0.25) is 15.9 Å². The lowest BCUT2D eigenvalue weighted by molar-refractivity contribution is -0.134. The molecule has 162 valence electrons. The molecule has 30 heavy (non-hydrogen) atoms. The van der Waals surface area contributed by atoms with E-state index in [1.165, 1.54) is 12.1 Å². The highest BCUT2D eigenvalue weighted by atomic mass is 35.5. The predicted molar refractivity (Wildman–Crippen MR) is 120 cm³/mol. The van der Waals surface area contributed by atoms with Crippen LogP contribution in [0.4, 0.5) is 0 Å². The molecule has 2 aromatic rings. The van der Waals surface area contributed by atoms with Crippen LogP contribution >= 0.6 is 23.2 Å². The summed E-state index contributed by atoms with van der Waals surface area (Å²) in [6.45, 7) is 3.74. The summed E-state index contributed by atoms with van der Waals surface area (Å²) in [5.41, 5.74) is 0.727. The summed E-state index contributed by atoms with van der Waals surface area (Å²) in [4.78, 5) is 15.3. The van der Waals surface area contributed by atoms with Crippen molar-refractivity contribution in [1.29, 1.82) is 0 Å². The van der Waals surface area contributed by atoms with Gasteiger partial charge >= 0.3 is 0 Å². The first-order chi connectivity index (χ1) is 14.3. The molecule has 1 N–H and O–H groups in total. The number of piperidine rings is 1. The Hall–Kier alpha value is -1.60. The van der Waals surface area contributed by atoms with Gasteiger partial charge in [-0.2, -0.15) is 0 Å². The maximum Gasteiger partial charge on any atom is 0.240 e. The molecule has 1 amide bonds. The Labute approximate surface area is 188 Å². The first kappa shape index (κ1) is 23.1. The van der Waals surface area contributed by atoms with E-state index in [1.807, 2.05) is 23.1 Å². The second kappa shape index (κ2) is 10.1. The van der Waals surface area contributed by atoms with Gasteiger partial charge in [0.05, 0.1) is 10.8 Å². The summed E-state index contributed by atoms with van der Waals surface area (Å²) in [7, 11) is -3.72. The molecule has 8 heteroatoms. The minimum atomic E-state index is -3.72. The van der Waals surface area contributed by atoms with Gasteiger partial charge in [0, 0.05) is 29.7 Å². The van der Waals surface area contributed by atoms with Crippen LogP contribution in [-0.4, -0.2) is 38.9 Å². The fraction of sp³-hybridized carbons (Fsp3) is 0.409. The number of likely N-dealkylation sites (tertiary alicyclic amines) is 1. The van der Waals surface area contributed by atoms with Gasteiger partial charge in [0.1, 0.15) is 0 Å². The highest BCUT2D eigenvalue weighted by Gasteiger charge is 2.29. The molecular weight excluding hydrogens is 443 g/mol. The Bertz CT molecular complexity index is 989. The minimum Gasteiger partial charge on any atom is -0.342 e. The SMILES string of the molecule is CC1CCN(C(=O)C(CCNS(=O)(=O)c2cccc(Cl)c2)c2ccccc2Cl)CC1. The zero-order valence-electron chi connectivity index (χ0n) is 16.9. The quantitative estimate of drug-likeness (QED) is 0.639. The number of hydrogen-bond acceptors (Lipinski definition) is 3. The lowest BCUT2D eigenvalue weighted by Gasteiger charge is -2.33. The van der Waals surface area contributed by atoms with Gasteiger partial charge in [-0.3, -0.25) is 4.79 Å². The van der Waals surface area contributed by atoms with Gasteiger partial charge in [-0.05, 0) is 55.0 Å². The van der Waals surface area contributed by atoms with Crippen LogP contribution in [0.15, 0.2) is 53.4 Å². The molecule has 1 heterocycles. The van der Waals surface area contributed by atoms with Crippen LogP contribution in [0.25, 0.3) is 0 Å². The van der Waals surface area contributed by atoms with Gasteiger partial charge in [0.25, 0.3) is 0 Å². The van der Waals surface area contributed by atoms with E-state index in [0.29, 0.717) is 22.4 Å². The third kappa shape index (κ3) is 5.76. The largest absolute Gasteiger partial charge is 0.342 e. The van der Waals surface area contributed by atoms with Crippen molar-refractivity contribution in [1.82, 2.24) is 9.62 Å². The first-order valence-electron chi connectivity index (χ1n) is 10.1. The standard InChI is InChI=1S/C22H26Cl2N2O3S/c1-16-10-13-26(14-11-16)22(27)20(19-7-2-3-8-21(19)24)9-12-25-30(28,29)18-6-4-5-17(23)15-18/h2-8,15-16,20,25H,9-14H2,1H3. The molecule has 0 saturated carbocycles. The van der Waals surface area contributed by atoms with Crippen molar-refractivity contribution in [3.8, 4) is 0 Å². The number of carbonyl (C=O) groups is 1. The first-order valence-corrected chi connectivity index (χ1v) is 12.3. The van der Waals surface area contributed by atoms with Gasteiger partial charge in [-0.15, -0.1) is 0 Å². The fourth-order valence-corrected chi connectivity index (χ4v) is 5.29. The topological polar surface area (TPSA) is 66.5 Å². The van der Waals surface area contributed by atoms with Crippen LogP contribution in [0, 0.1) is 5.92 Å². The number of benzene rings is 2. The van der Waals surface area contributed by atoms with Crippen LogP contribution in [0.1, 0.15) is 37.7 Å². The molecule has 1 aliphatic rings. The number of halogens is 2. The Morgan fingerprint density at radius 1 is 1.13 bits per heavy atom. The van der Waals surface area contributed by atoms with E-state index in [0.717, 1.165) is 31.5 Å². The van der Waals surface area contributed by atoms with Crippen molar-refractivity contribution < 1.29 is 13.2 Å². The van der Waals surface area contributed by atoms with Crippen molar-refractivity contribution in [3.63, 3.8) is 0 Å². The third-order valence-corrected chi connectivity index (χ3v) is 7.54. The molecule has 1 saturated heterocycles. The van der Waals surface area contributed by atoms with Gasteiger partial charge in [-0.25, -0.2) is 13.1 Å². The molecule has 0 aliphatic carbocycles. The summed E-state index contributed by atoms with van der Waals surface area (Å²) in [5, 5.41) is 0.861. The number of sulfonamides is 1. The van der Waals surface area contributed by atoms with Crippen molar-refractivity contribution in [2.75, 3.05) is 19.6 Å². The monoisotopic (exact) mass is 468 g/mol. The molecule has 1 fully saturated rings. The summed E-state index contributed by atoms with van der Waals surface area (Å²) < 4.78 is 27.8. The predicted octanol–water partition coefficient (Wildman–Crippen LogP) is 4.70. The molecule has 1 aliphatic heterocycles. The van der Waals surface area contributed by atoms with E-state index in [9.17, 15) is 13.2 Å². The molecule has 0 radical (unpaired) electrons. The van der Waals surface area contributed by atoms with Crippen LogP contribution < -0.4 is 4.72 Å². The van der Waals surface area contributed by atoms with E-state index in [2.05, 4.69) is 11.6 Å². The van der Waals surface area contributed by atoms with Gasteiger partial charge in [0.15, 0.2) is 0 Å². The Morgan fingerprint density at radius 3 is 2.50 bits per heavy atom. The maximum atomic E-state index is 13.3. The van der Waals surface area contributed by atoms with E-state index >= 15 is 0 Å². The van der Waals surface area contributed by atoms with E-state index in [1.54, 1.807) is 18.2 Å². The molecule has 1 unspecified atom stereocenters. The number of hydrogen-bond donors (Lipinski definition) is 1. The molecule has 2 aromatic carbocycles. The number of nitrogens with zero attached hydrogens (tertiary/aromatic N) is 1. The average molecular weight is 469 g/mol. The molecular formula is C22H26Cl2N2O3S. The molecule has 0 aromatic heterocycles. The van der Waals surface area contributed by atoms with Gasteiger partial charge in [-0.1, -0.05) is 54.4 Å². The zero-order chi connectivity index (χ0) is 21.7. The average Bonchev–Trinajstić information content (AvgIpc) is 2.72. The lowest BCUT2D eigenvalue weighted by Crippen LogP contribution is -2.41. The van der Waals surface area contributed by atoms with Crippen molar-refractivity contribution in [2.45, 2.75) is 37.0 Å². The Balaban J connectivity index is 1.74. The van der Waals surface area contributed by atoms with E-state index < -0.39 is 15.9 Å².